The van der Waals surface area contributed by atoms with E-state index in [1.165, 1.54) is 25.7 Å². The van der Waals surface area contributed by atoms with Crippen LogP contribution in [0.25, 0.3) is 11.3 Å². The number of nitrogens with zero attached hydrogens (tertiary/aromatic N) is 1. The van der Waals surface area contributed by atoms with E-state index in [0.717, 1.165) is 27.9 Å². The lowest BCUT2D eigenvalue weighted by atomic mass is 10.1. The number of methoxy groups -OCH3 is 2. The summed E-state index contributed by atoms with van der Waals surface area (Å²) in [5.74, 6) is 1.57. The Morgan fingerprint density at radius 3 is 2.71 bits per heavy atom. The smallest absolute Gasteiger partial charge is 0.183 e. The number of hydrogen-bond donors (Lipinski definition) is 1. The summed E-state index contributed by atoms with van der Waals surface area (Å²) in [4.78, 5) is 4.69. The second-order valence-electron chi connectivity index (χ2n) is 5.23. The van der Waals surface area contributed by atoms with Crippen molar-refractivity contribution in [2.45, 2.75) is 31.7 Å². The molecule has 1 aliphatic rings. The van der Waals surface area contributed by atoms with Gasteiger partial charge in [0.05, 0.1) is 19.9 Å². The molecule has 1 aromatic heterocycles. The van der Waals surface area contributed by atoms with Crippen molar-refractivity contribution in [3.8, 4) is 22.8 Å². The van der Waals surface area contributed by atoms with Crippen LogP contribution in [0.5, 0.6) is 11.5 Å². The van der Waals surface area contributed by atoms with Gasteiger partial charge >= 0.3 is 0 Å². The van der Waals surface area contributed by atoms with Crippen LogP contribution in [0.1, 0.15) is 25.7 Å². The van der Waals surface area contributed by atoms with Gasteiger partial charge in [-0.15, -0.1) is 11.3 Å². The minimum Gasteiger partial charge on any atom is -0.497 e. The summed E-state index contributed by atoms with van der Waals surface area (Å²) in [7, 11) is 3.32. The second kappa shape index (κ2) is 6.35. The molecule has 1 saturated carbocycles. The fourth-order valence-corrected chi connectivity index (χ4v) is 3.51. The fourth-order valence-electron chi connectivity index (χ4n) is 2.72. The van der Waals surface area contributed by atoms with E-state index < -0.39 is 0 Å². The summed E-state index contributed by atoms with van der Waals surface area (Å²) < 4.78 is 10.7. The normalized spacial score (nSPS) is 15.1. The quantitative estimate of drug-likeness (QED) is 0.900. The van der Waals surface area contributed by atoms with Gasteiger partial charge in [0.15, 0.2) is 5.13 Å². The van der Waals surface area contributed by atoms with Crippen molar-refractivity contribution in [1.82, 2.24) is 4.98 Å². The van der Waals surface area contributed by atoms with Crippen LogP contribution in [0.4, 0.5) is 5.13 Å². The molecule has 1 aromatic carbocycles. The Morgan fingerprint density at radius 1 is 1.19 bits per heavy atom. The molecule has 0 spiro atoms. The molecule has 1 aliphatic carbocycles. The van der Waals surface area contributed by atoms with E-state index >= 15 is 0 Å². The lowest BCUT2D eigenvalue weighted by Crippen LogP contribution is -2.14. The molecule has 0 amide bonds. The van der Waals surface area contributed by atoms with E-state index in [4.69, 9.17) is 14.5 Å². The summed E-state index contributed by atoms with van der Waals surface area (Å²) >= 11 is 1.65. The number of anilines is 1. The number of rotatable bonds is 5. The molecule has 0 atom stereocenters. The van der Waals surface area contributed by atoms with Gasteiger partial charge < -0.3 is 14.8 Å². The van der Waals surface area contributed by atoms with Crippen LogP contribution < -0.4 is 14.8 Å². The zero-order valence-electron chi connectivity index (χ0n) is 12.4. The van der Waals surface area contributed by atoms with Crippen molar-refractivity contribution < 1.29 is 9.47 Å². The van der Waals surface area contributed by atoms with Gasteiger partial charge in [-0.25, -0.2) is 4.98 Å². The first kappa shape index (κ1) is 14.2. The molecular weight excluding hydrogens is 284 g/mol. The molecule has 3 rings (SSSR count). The van der Waals surface area contributed by atoms with E-state index in [0.29, 0.717) is 6.04 Å². The van der Waals surface area contributed by atoms with E-state index in [2.05, 4.69) is 10.7 Å². The summed E-state index contributed by atoms with van der Waals surface area (Å²) in [5, 5.41) is 6.60. The standard InChI is InChI=1S/C16H20N2O2S/c1-19-12-7-8-13(15(9-12)20-2)14-10-21-16(18-14)17-11-5-3-4-6-11/h7-11H,3-6H2,1-2H3,(H,17,18). The Kier molecular flexibility index (Phi) is 4.29. The number of thiazole rings is 1. The van der Waals surface area contributed by atoms with Gasteiger partial charge in [0.2, 0.25) is 0 Å². The molecule has 4 nitrogen and oxygen atoms in total. The topological polar surface area (TPSA) is 43.4 Å². The molecule has 0 saturated heterocycles. The molecule has 5 heteroatoms. The highest BCUT2D eigenvalue weighted by Crippen LogP contribution is 2.35. The maximum atomic E-state index is 5.45. The Balaban J connectivity index is 1.81. The number of aromatic nitrogens is 1. The molecule has 1 fully saturated rings. The van der Waals surface area contributed by atoms with Gasteiger partial charge in [-0.2, -0.15) is 0 Å². The summed E-state index contributed by atoms with van der Waals surface area (Å²) in [5.41, 5.74) is 1.94. The highest BCUT2D eigenvalue weighted by atomic mass is 32.1. The molecule has 0 radical (unpaired) electrons. The third kappa shape index (κ3) is 3.13. The number of nitrogens with one attached hydrogen (secondary N) is 1. The van der Waals surface area contributed by atoms with E-state index in [1.807, 2.05) is 18.2 Å². The molecular formula is C16H20N2O2S. The first-order chi connectivity index (χ1) is 10.3. The number of hydrogen-bond acceptors (Lipinski definition) is 5. The van der Waals surface area contributed by atoms with Gasteiger partial charge in [-0.3, -0.25) is 0 Å². The lowest BCUT2D eigenvalue weighted by molar-refractivity contribution is 0.395. The molecule has 0 bridgehead atoms. The van der Waals surface area contributed by atoms with Crippen LogP contribution in [0.15, 0.2) is 23.6 Å². The van der Waals surface area contributed by atoms with E-state index in [1.54, 1.807) is 25.6 Å². The van der Waals surface area contributed by atoms with Crippen molar-refractivity contribution in [3.05, 3.63) is 23.6 Å². The van der Waals surface area contributed by atoms with Crippen LogP contribution in [-0.4, -0.2) is 25.2 Å². The van der Waals surface area contributed by atoms with Crippen molar-refractivity contribution in [2.75, 3.05) is 19.5 Å². The van der Waals surface area contributed by atoms with Crippen molar-refractivity contribution in [2.24, 2.45) is 0 Å². The summed E-state index contributed by atoms with van der Waals surface area (Å²) in [6, 6.07) is 6.40. The zero-order chi connectivity index (χ0) is 14.7. The highest BCUT2D eigenvalue weighted by Gasteiger charge is 2.17. The Labute approximate surface area is 129 Å². The van der Waals surface area contributed by atoms with Crippen molar-refractivity contribution >= 4 is 16.5 Å². The summed E-state index contributed by atoms with van der Waals surface area (Å²) in [6.07, 6.45) is 5.14. The predicted octanol–water partition coefficient (Wildman–Crippen LogP) is 4.18. The SMILES string of the molecule is COc1ccc(-c2csc(NC3CCCC3)n2)c(OC)c1. The van der Waals surface area contributed by atoms with Gasteiger partial charge in [-0.05, 0) is 25.0 Å². The average molecular weight is 304 g/mol. The molecule has 2 aromatic rings. The van der Waals surface area contributed by atoms with Crippen LogP contribution in [0.2, 0.25) is 0 Å². The largest absolute Gasteiger partial charge is 0.497 e. The predicted molar refractivity (Wildman–Crippen MR) is 86.5 cm³/mol. The average Bonchev–Trinajstić information content (AvgIpc) is 3.19. The van der Waals surface area contributed by atoms with Crippen molar-refractivity contribution in [3.63, 3.8) is 0 Å². The van der Waals surface area contributed by atoms with Gasteiger partial charge in [0.25, 0.3) is 0 Å². The van der Waals surface area contributed by atoms with Crippen LogP contribution >= 0.6 is 11.3 Å². The third-order valence-electron chi connectivity index (χ3n) is 3.87. The van der Waals surface area contributed by atoms with Crippen molar-refractivity contribution in [1.29, 1.82) is 0 Å². The maximum Gasteiger partial charge on any atom is 0.183 e. The van der Waals surface area contributed by atoms with Gasteiger partial charge in [0.1, 0.15) is 11.5 Å². The lowest BCUT2D eigenvalue weighted by Gasteiger charge is -2.10. The molecule has 1 N–H and O–H groups in total. The monoisotopic (exact) mass is 304 g/mol. The van der Waals surface area contributed by atoms with Crippen LogP contribution in [0.3, 0.4) is 0 Å². The number of ether oxygens (including phenoxy) is 2. The summed E-state index contributed by atoms with van der Waals surface area (Å²) in [6.45, 7) is 0. The van der Waals surface area contributed by atoms with Crippen LogP contribution in [0, 0.1) is 0 Å². The highest BCUT2D eigenvalue weighted by molar-refractivity contribution is 7.14. The fraction of sp³-hybridized carbons (Fsp3) is 0.438. The van der Waals surface area contributed by atoms with E-state index in [9.17, 15) is 0 Å². The Morgan fingerprint density at radius 2 is 2.00 bits per heavy atom. The number of benzene rings is 1. The van der Waals surface area contributed by atoms with Crippen LogP contribution in [-0.2, 0) is 0 Å². The molecule has 21 heavy (non-hydrogen) atoms. The molecule has 0 aliphatic heterocycles. The Bertz CT molecular complexity index is 606. The third-order valence-corrected chi connectivity index (χ3v) is 4.65. The molecule has 112 valence electrons. The minimum atomic E-state index is 0.585. The minimum absolute atomic E-state index is 0.585. The maximum absolute atomic E-state index is 5.45. The second-order valence-corrected chi connectivity index (χ2v) is 6.09. The molecule has 1 heterocycles. The first-order valence-electron chi connectivity index (χ1n) is 7.24. The zero-order valence-corrected chi connectivity index (χ0v) is 13.2. The Hall–Kier alpha value is -1.75. The van der Waals surface area contributed by atoms with Gasteiger partial charge in [-0.1, -0.05) is 12.8 Å². The van der Waals surface area contributed by atoms with E-state index in [-0.39, 0.29) is 0 Å². The first-order valence-corrected chi connectivity index (χ1v) is 8.12. The van der Waals surface area contributed by atoms with Gasteiger partial charge in [0, 0.05) is 23.1 Å². The molecule has 0 unspecified atom stereocenters.